The van der Waals surface area contributed by atoms with Crippen LogP contribution in [0.2, 0.25) is 0 Å². The van der Waals surface area contributed by atoms with Crippen molar-refractivity contribution in [1.29, 1.82) is 0 Å². The van der Waals surface area contributed by atoms with Gasteiger partial charge in [0, 0.05) is 12.1 Å². The first kappa shape index (κ1) is 28.8. The number of benzene rings is 2. The van der Waals surface area contributed by atoms with Crippen LogP contribution in [0.25, 0.3) is 0 Å². The number of β-amino-alcohol motifs (C(OH)–C–C–N with tert-alkyl or cyclic N) is 1. The van der Waals surface area contributed by atoms with E-state index in [0.29, 0.717) is 12.1 Å². The number of nitrogens with one attached hydrogen (secondary N) is 2. The summed E-state index contributed by atoms with van der Waals surface area (Å²) in [7, 11) is -7.44. The Bertz CT molecular complexity index is 1090. The Morgan fingerprint density at radius 3 is 2.12 bits per heavy atom. The predicted molar refractivity (Wildman–Crippen MR) is 127 cm³/mol. The van der Waals surface area contributed by atoms with Gasteiger partial charge >= 0.3 is 0 Å². The molecule has 2 rings (SSSR count). The average Bonchev–Trinajstić information content (AvgIpc) is 2.67. The molecule has 33 heavy (non-hydrogen) atoms. The van der Waals surface area contributed by atoms with E-state index in [1.165, 1.54) is 17.7 Å². The smallest absolute Gasteiger partial charge is 0.267 e. The maximum atomic E-state index is 11.4. The summed E-state index contributed by atoms with van der Waals surface area (Å²) in [6.07, 6.45) is 0.964. The standard InChI is InChI=1S/C19H26N2O4S.C2H6O4S/c1-19(2,12-14-7-5-4-6-8-14)20-13-18(23)15-9-10-17(22)16(11-15)21-26(3,24)25;3-1-2-7(4,5)6/h4-11,18,20-23H,12-13H2,1-3H3;3H,1-2H2,(H,4,5,6). The van der Waals surface area contributed by atoms with Crippen LogP contribution in [0.3, 0.4) is 0 Å². The second kappa shape index (κ2) is 12.3. The summed E-state index contributed by atoms with van der Waals surface area (Å²) >= 11 is 0. The SMILES string of the molecule is CC(C)(Cc1ccccc1)NCC(O)c1ccc(O)c(NS(C)(=O)=O)c1.O=S(=O)(O)CCO. The molecule has 2 aromatic rings. The van der Waals surface area contributed by atoms with Gasteiger partial charge in [-0.3, -0.25) is 9.27 Å². The van der Waals surface area contributed by atoms with Crippen molar-refractivity contribution in [3.05, 3.63) is 59.7 Å². The summed E-state index contributed by atoms with van der Waals surface area (Å²) in [6, 6.07) is 14.4. The van der Waals surface area contributed by atoms with Gasteiger partial charge in [0.15, 0.2) is 0 Å². The highest BCUT2D eigenvalue weighted by Gasteiger charge is 2.20. The molecule has 1 unspecified atom stereocenters. The van der Waals surface area contributed by atoms with E-state index in [1.54, 1.807) is 6.07 Å². The predicted octanol–water partition coefficient (Wildman–Crippen LogP) is 1.27. The van der Waals surface area contributed by atoms with Crippen LogP contribution in [0.4, 0.5) is 5.69 Å². The van der Waals surface area contributed by atoms with E-state index in [-0.39, 0.29) is 17.0 Å². The van der Waals surface area contributed by atoms with Gasteiger partial charge in [-0.1, -0.05) is 36.4 Å². The molecule has 0 bridgehead atoms. The lowest BCUT2D eigenvalue weighted by Crippen LogP contribution is -2.43. The van der Waals surface area contributed by atoms with Crippen LogP contribution in [0, 0.1) is 0 Å². The van der Waals surface area contributed by atoms with Gasteiger partial charge in [-0.05, 0) is 43.5 Å². The van der Waals surface area contributed by atoms with Crippen LogP contribution in [0.15, 0.2) is 48.5 Å². The molecule has 0 aliphatic rings. The van der Waals surface area contributed by atoms with Gasteiger partial charge in [0.25, 0.3) is 10.1 Å². The zero-order valence-corrected chi connectivity index (χ0v) is 20.4. The third-order valence-corrected chi connectivity index (χ3v) is 5.60. The highest BCUT2D eigenvalue weighted by Crippen LogP contribution is 2.28. The van der Waals surface area contributed by atoms with E-state index in [4.69, 9.17) is 9.66 Å². The molecule has 0 saturated carbocycles. The van der Waals surface area contributed by atoms with Crippen molar-refractivity contribution in [2.45, 2.75) is 31.9 Å². The topological polar surface area (TPSA) is 173 Å². The lowest BCUT2D eigenvalue weighted by molar-refractivity contribution is 0.160. The summed E-state index contributed by atoms with van der Waals surface area (Å²) in [5.74, 6) is -0.767. The highest BCUT2D eigenvalue weighted by molar-refractivity contribution is 7.92. The summed E-state index contributed by atoms with van der Waals surface area (Å²) in [5, 5.41) is 31.4. The number of hydrogen-bond donors (Lipinski definition) is 6. The Kier molecular flexibility index (Phi) is 10.7. The van der Waals surface area contributed by atoms with Crippen molar-refractivity contribution in [3.63, 3.8) is 0 Å². The molecule has 0 amide bonds. The molecule has 0 aromatic heterocycles. The van der Waals surface area contributed by atoms with Gasteiger partial charge in [-0.25, -0.2) is 8.42 Å². The van der Waals surface area contributed by atoms with E-state index in [1.807, 2.05) is 18.2 Å². The molecule has 0 saturated heterocycles. The lowest BCUT2D eigenvalue weighted by atomic mass is 9.94. The number of aliphatic hydroxyl groups excluding tert-OH is 2. The van der Waals surface area contributed by atoms with Gasteiger partial charge in [0.05, 0.1) is 30.4 Å². The fourth-order valence-corrected chi connectivity index (χ4v) is 3.61. The lowest BCUT2D eigenvalue weighted by Gasteiger charge is -2.28. The molecule has 12 heteroatoms. The summed E-state index contributed by atoms with van der Waals surface area (Å²) in [4.78, 5) is 0. The monoisotopic (exact) mass is 504 g/mol. The van der Waals surface area contributed by atoms with E-state index in [2.05, 4.69) is 36.0 Å². The van der Waals surface area contributed by atoms with Crippen LogP contribution in [0.1, 0.15) is 31.1 Å². The van der Waals surface area contributed by atoms with Crippen molar-refractivity contribution in [3.8, 4) is 5.75 Å². The second-order valence-electron chi connectivity index (χ2n) is 8.10. The first-order chi connectivity index (χ1) is 15.1. The first-order valence-electron chi connectivity index (χ1n) is 9.95. The van der Waals surface area contributed by atoms with Gasteiger partial charge < -0.3 is 20.6 Å². The van der Waals surface area contributed by atoms with Gasteiger partial charge in [0.1, 0.15) is 5.75 Å². The number of sulfonamides is 1. The minimum absolute atomic E-state index is 0.0487. The number of hydrogen-bond acceptors (Lipinski definition) is 8. The van der Waals surface area contributed by atoms with Crippen molar-refractivity contribution in [2.24, 2.45) is 0 Å². The molecule has 0 fully saturated rings. The van der Waals surface area contributed by atoms with Crippen LogP contribution in [-0.2, 0) is 26.6 Å². The molecule has 1 atom stereocenters. The van der Waals surface area contributed by atoms with Gasteiger partial charge in [0.2, 0.25) is 10.0 Å². The third-order valence-electron chi connectivity index (χ3n) is 4.31. The largest absolute Gasteiger partial charge is 0.506 e. The Balaban J connectivity index is 0.000000675. The van der Waals surface area contributed by atoms with Crippen LogP contribution in [0.5, 0.6) is 5.75 Å². The van der Waals surface area contributed by atoms with E-state index < -0.39 is 38.6 Å². The van der Waals surface area contributed by atoms with E-state index in [9.17, 15) is 27.0 Å². The Morgan fingerprint density at radius 1 is 1.03 bits per heavy atom. The molecule has 0 heterocycles. The maximum Gasteiger partial charge on any atom is 0.267 e. The van der Waals surface area contributed by atoms with Crippen molar-refractivity contribution < 1.29 is 36.7 Å². The zero-order valence-electron chi connectivity index (χ0n) is 18.8. The Morgan fingerprint density at radius 2 is 1.64 bits per heavy atom. The number of rotatable bonds is 10. The molecule has 6 N–H and O–H groups in total. The van der Waals surface area contributed by atoms with Gasteiger partial charge in [-0.2, -0.15) is 8.42 Å². The molecule has 0 radical (unpaired) electrons. The molecule has 0 aliphatic heterocycles. The minimum Gasteiger partial charge on any atom is -0.506 e. The van der Waals surface area contributed by atoms with Crippen LogP contribution >= 0.6 is 0 Å². The fourth-order valence-electron chi connectivity index (χ4n) is 2.82. The number of aliphatic hydroxyl groups is 2. The quantitative estimate of drug-likeness (QED) is 0.206. The molecular formula is C21H32N2O8S2. The summed E-state index contributed by atoms with van der Waals surface area (Å²) in [6.45, 7) is 3.88. The van der Waals surface area contributed by atoms with Crippen LogP contribution < -0.4 is 10.0 Å². The Labute approximate surface area is 195 Å². The molecule has 2 aromatic carbocycles. The van der Waals surface area contributed by atoms with Crippen molar-refractivity contribution in [2.75, 3.05) is 29.9 Å². The fraction of sp³-hybridized carbons (Fsp3) is 0.429. The second-order valence-corrected chi connectivity index (χ2v) is 11.4. The highest BCUT2D eigenvalue weighted by atomic mass is 32.2. The first-order valence-corrected chi connectivity index (χ1v) is 13.5. The number of anilines is 1. The van der Waals surface area contributed by atoms with Gasteiger partial charge in [-0.15, -0.1) is 0 Å². The molecule has 0 aliphatic carbocycles. The van der Waals surface area contributed by atoms with E-state index >= 15 is 0 Å². The number of phenolic OH excluding ortho intramolecular Hbond substituents is 1. The molecule has 0 spiro atoms. The van der Waals surface area contributed by atoms with Crippen molar-refractivity contribution in [1.82, 2.24) is 5.32 Å². The minimum atomic E-state index is -3.92. The third kappa shape index (κ3) is 12.6. The number of aromatic hydroxyl groups is 1. The number of phenols is 1. The Hall–Kier alpha value is -2.22. The van der Waals surface area contributed by atoms with Crippen molar-refractivity contribution >= 4 is 25.8 Å². The van der Waals surface area contributed by atoms with Crippen LogP contribution in [-0.4, -0.2) is 67.4 Å². The summed E-state index contributed by atoms with van der Waals surface area (Å²) < 4.78 is 52.1. The van der Waals surface area contributed by atoms with E-state index in [0.717, 1.165) is 12.7 Å². The molecule has 10 nitrogen and oxygen atoms in total. The molecular weight excluding hydrogens is 472 g/mol. The maximum absolute atomic E-state index is 11.4. The average molecular weight is 505 g/mol. The zero-order chi connectivity index (χ0) is 25.3. The summed E-state index contributed by atoms with van der Waals surface area (Å²) in [5.41, 5.74) is 1.53. The normalized spacial score (nSPS) is 13.0. The molecule has 186 valence electrons.